The maximum Gasteiger partial charge on any atom is 0.164 e. The first kappa shape index (κ1) is 2.69. The van der Waals surface area contributed by atoms with E-state index in [-0.39, 0.29) is 0 Å². The third-order valence-corrected chi connectivity index (χ3v) is 0.507. The average molecular weight is 69.1 g/mol. The van der Waals surface area contributed by atoms with Crippen LogP contribution in [-0.2, 0) is 0 Å². The summed E-state index contributed by atoms with van der Waals surface area (Å²) in [6, 6.07) is 0. The summed E-state index contributed by atoms with van der Waals surface area (Å²) in [4.78, 5) is 3.72. The molecule has 0 atom stereocenters. The van der Waals surface area contributed by atoms with Gasteiger partial charge in [-0.2, -0.15) is 0 Å². The van der Waals surface area contributed by atoms with Gasteiger partial charge in [-0.05, 0) is 0 Å². The maximum atomic E-state index is 3.72. The van der Waals surface area contributed by atoms with Crippen molar-refractivity contribution >= 4 is 6.34 Å². The second-order valence-corrected chi connectivity index (χ2v) is 0.920. The Morgan fingerprint density at radius 1 is 1.80 bits per heavy atom. The van der Waals surface area contributed by atoms with E-state index in [1.165, 1.54) is 0 Å². The lowest BCUT2D eigenvalue weighted by Gasteiger charge is -1.73. The molecule has 0 fully saturated rings. The zero-order valence-electron chi connectivity index (χ0n) is 2.86. The monoisotopic (exact) mass is 69.0 g/mol. The van der Waals surface area contributed by atoms with Crippen molar-refractivity contribution in [3.8, 4) is 0 Å². The van der Waals surface area contributed by atoms with Gasteiger partial charge in [-0.3, -0.25) is 4.99 Å². The van der Waals surface area contributed by atoms with Crippen LogP contribution in [-0.4, -0.2) is 19.4 Å². The smallest absolute Gasteiger partial charge is 0.164 e. The van der Waals surface area contributed by atoms with Gasteiger partial charge in [0.2, 0.25) is 0 Å². The Bertz CT molecular complexity index is 42.9. The third kappa shape index (κ3) is 0.375. The van der Waals surface area contributed by atoms with Crippen molar-refractivity contribution in [2.24, 2.45) is 4.99 Å². The SMILES string of the molecule is [C]1=NCCN1. The van der Waals surface area contributed by atoms with E-state index in [0.717, 1.165) is 13.1 Å². The van der Waals surface area contributed by atoms with Crippen molar-refractivity contribution in [1.29, 1.82) is 0 Å². The van der Waals surface area contributed by atoms with E-state index in [0.29, 0.717) is 0 Å². The highest BCUT2D eigenvalue weighted by Crippen LogP contribution is 1.68. The molecule has 1 radical (unpaired) electrons. The summed E-state index contributed by atoms with van der Waals surface area (Å²) in [6.07, 6.45) is 2.60. The zero-order chi connectivity index (χ0) is 3.54. The molecule has 1 aliphatic heterocycles. The lowest BCUT2D eigenvalue weighted by molar-refractivity contribution is 0.965. The van der Waals surface area contributed by atoms with Crippen LogP contribution in [0.5, 0.6) is 0 Å². The van der Waals surface area contributed by atoms with Crippen LogP contribution < -0.4 is 5.32 Å². The van der Waals surface area contributed by atoms with Crippen molar-refractivity contribution in [3.05, 3.63) is 0 Å². The standard InChI is InChI=1S/C3H5N2/c1-2-5-3-4-1/h1-2H2,(H,4,5). The second kappa shape index (κ2) is 1.06. The zero-order valence-corrected chi connectivity index (χ0v) is 2.86. The molecule has 1 aliphatic rings. The Morgan fingerprint density at radius 2 is 2.80 bits per heavy atom. The summed E-state index contributed by atoms with van der Waals surface area (Å²) in [7, 11) is 0. The van der Waals surface area contributed by atoms with E-state index in [1.54, 1.807) is 0 Å². The molecule has 1 heterocycles. The predicted octanol–water partition coefficient (Wildman–Crippen LogP) is -0.505. The number of rotatable bonds is 0. The fourth-order valence-corrected chi connectivity index (χ4v) is 0.280. The molecule has 0 amide bonds. The highest BCUT2D eigenvalue weighted by Gasteiger charge is 1.84. The van der Waals surface area contributed by atoms with Gasteiger partial charge in [-0.25, -0.2) is 0 Å². The molecule has 0 unspecified atom stereocenters. The van der Waals surface area contributed by atoms with E-state index >= 15 is 0 Å². The van der Waals surface area contributed by atoms with E-state index in [1.807, 2.05) is 0 Å². The van der Waals surface area contributed by atoms with Gasteiger partial charge in [0.1, 0.15) is 0 Å². The first-order valence-corrected chi connectivity index (χ1v) is 1.64. The summed E-state index contributed by atoms with van der Waals surface area (Å²) < 4.78 is 0. The van der Waals surface area contributed by atoms with Crippen LogP contribution in [0.15, 0.2) is 4.99 Å². The minimum atomic E-state index is 0.903. The summed E-state index contributed by atoms with van der Waals surface area (Å²) >= 11 is 0. The number of hydrogen-bond donors (Lipinski definition) is 1. The van der Waals surface area contributed by atoms with Crippen LogP contribution in [0.2, 0.25) is 0 Å². The van der Waals surface area contributed by atoms with Crippen molar-refractivity contribution in [2.75, 3.05) is 13.1 Å². The van der Waals surface area contributed by atoms with Gasteiger partial charge in [0.05, 0.1) is 6.54 Å². The minimum Gasteiger partial charge on any atom is -0.365 e. The highest BCUT2D eigenvalue weighted by atomic mass is 15.0. The van der Waals surface area contributed by atoms with E-state index in [2.05, 4.69) is 16.6 Å². The van der Waals surface area contributed by atoms with Gasteiger partial charge in [0.15, 0.2) is 6.34 Å². The summed E-state index contributed by atoms with van der Waals surface area (Å²) in [5.74, 6) is 0. The summed E-state index contributed by atoms with van der Waals surface area (Å²) in [6.45, 7) is 1.88. The molecule has 27 valence electrons. The molecule has 0 aromatic heterocycles. The van der Waals surface area contributed by atoms with E-state index < -0.39 is 0 Å². The number of nitrogens with zero attached hydrogens (tertiary/aromatic N) is 1. The van der Waals surface area contributed by atoms with Gasteiger partial charge >= 0.3 is 0 Å². The average Bonchev–Trinajstić information content (AvgIpc) is 1.76. The number of aliphatic imine (C=N–C) groups is 1. The lowest BCUT2D eigenvalue weighted by Crippen LogP contribution is -2.04. The third-order valence-electron chi connectivity index (χ3n) is 0.507. The molecule has 1 rings (SSSR count). The predicted molar refractivity (Wildman–Crippen MR) is 20.3 cm³/mol. The highest BCUT2D eigenvalue weighted by molar-refractivity contribution is 5.56. The van der Waals surface area contributed by atoms with E-state index in [4.69, 9.17) is 0 Å². The molecular weight excluding hydrogens is 64.0 g/mol. The molecule has 0 saturated carbocycles. The van der Waals surface area contributed by atoms with Crippen LogP contribution in [0.3, 0.4) is 0 Å². The minimum absolute atomic E-state index is 0.903. The van der Waals surface area contributed by atoms with Gasteiger partial charge in [-0.1, -0.05) is 0 Å². The van der Waals surface area contributed by atoms with Crippen LogP contribution in [0.4, 0.5) is 0 Å². The fourth-order valence-electron chi connectivity index (χ4n) is 0.280. The summed E-state index contributed by atoms with van der Waals surface area (Å²) in [5.41, 5.74) is 0. The molecule has 0 aromatic rings. The van der Waals surface area contributed by atoms with Gasteiger partial charge in [0.25, 0.3) is 0 Å². The maximum absolute atomic E-state index is 3.72. The second-order valence-electron chi connectivity index (χ2n) is 0.920. The van der Waals surface area contributed by atoms with Gasteiger partial charge < -0.3 is 5.32 Å². The molecule has 2 nitrogen and oxygen atoms in total. The van der Waals surface area contributed by atoms with Crippen LogP contribution in [0.1, 0.15) is 0 Å². The molecule has 2 heteroatoms. The normalized spacial score (nSPS) is 19.2. The molecule has 0 bridgehead atoms. The van der Waals surface area contributed by atoms with Crippen molar-refractivity contribution in [3.63, 3.8) is 0 Å². The van der Waals surface area contributed by atoms with Crippen molar-refractivity contribution in [2.45, 2.75) is 0 Å². The lowest BCUT2D eigenvalue weighted by atomic mass is 10.7. The molecule has 1 N–H and O–H groups in total. The summed E-state index contributed by atoms with van der Waals surface area (Å²) in [5, 5.41) is 2.81. The molecule has 0 aliphatic carbocycles. The fraction of sp³-hybridized carbons (Fsp3) is 0.667. The largest absolute Gasteiger partial charge is 0.365 e. The Balaban J connectivity index is 2.32. The van der Waals surface area contributed by atoms with Crippen LogP contribution >= 0.6 is 0 Å². The molecular formula is C3H5N2. The van der Waals surface area contributed by atoms with Crippen LogP contribution in [0, 0.1) is 0 Å². The molecule has 5 heavy (non-hydrogen) atoms. The molecule has 0 spiro atoms. The number of nitrogens with one attached hydrogen (secondary N) is 1. The van der Waals surface area contributed by atoms with E-state index in [9.17, 15) is 0 Å². The Labute approximate surface area is 30.9 Å². The van der Waals surface area contributed by atoms with Crippen LogP contribution in [0.25, 0.3) is 0 Å². The molecule has 0 aromatic carbocycles. The van der Waals surface area contributed by atoms with Gasteiger partial charge in [-0.15, -0.1) is 0 Å². The Hall–Kier alpha value is -0.530. The van der Waals surface area contributed by atoms with Crippen molar-refractivity contribution < 1.29 is 0 Å². The first-order valence-electron chi connectivity index (χ1n) is 1.64. The number of hydrogen-bond acceptors (Lipinski definition) is 2. The molecule has 0 saturated heterocycles. The Morgan fingerprint density at radius 3 is 3.00 bits per heavy atom. The van der Waals surface area contributed by atoms with Gasteiger partial charge in [0, 0.05) is 6.54 Å². The topological polar surface area (TPSA) is 24.4 Å². The van der Waals surface area contributed by atoms with Crippen molar-refractivity contribution in [1.82, 2.24) is 5.32 Å². The Kier molecular flexibility index (Phi) is 0.571. The first-order chi connectivity index (χ1) is 2.50. The quantitative estimate of drug-likeness (QED) is 0.407.